The Hall–Kier alpha value is -2.74. The van der Waals surface area contributed by atoms with Gasteiger partial charge in [-0.15, -0.1) is 0 Å². The number of hydrogen-bond acceptors (Lipinski definition) is 7. The molecule has 0 saturated heterocycles. The van der Waals surface area contributed by atoms with Gasteiger partial charge in [0, 0.05) is 5.02 Å². The fourth-order valence-corrected chi connectivity index (χ4v) is 1.98. The number of amides is 1. The van der Waals surface area contributed by atoms with E-state index in [1.165, 1.54) is 20.1 Å². The number of aromatic nitrogens is 1. The van der Waals surface area contributed by atoms with Gasteiger partial charge in [-0.2, -0.15) is 0 Å². The molecule has 0 spiro atoms. The van der Waals surface area contributed by atoms with Crippen molar-refractivity contribution in [2.24, 2.45) is 0 Å². The van der Waals surface area contributed by atoms with Crippen LogP contribution in [0.15, 0.2) is 22.7 Å². The number of anilines is 2. The first-order chi connectivity index (χ1) is 10.9. The number of esters is 1. The molecule has 1 aromatic carbocycles. The fourth-order valence-electron chi connectivity index (χ4n) is 1.80. The lowest BCUT2D eigenvalue weighted by atomic mass is 10.2. The number of nitrogens with one attached hydrogen (secondary N) is 1. The second-order valence-corrected chi connectivity index (χ2v) is 4.91. The lowest BCUT2D eigenvalue weighted by Gasteiger charge is -2.10. The van der Waals surface area contributed by atoms with Crippen molar-refractivity contribution in [3.63, 3.8) is 0 Å². The van der Waals surface area contributed by atoms with Gasteiger partial charge < -0.3 is 25.0 Å². The maximum Gasteiger partial charge on any atom is 0.346 e. The van der Waals surface area contributed by atoms with Gasteiger partial charge in [0.25, 0.3) is 5.91 Å². The lowest BCUT2D eigenvalue weighted by molar-refractivity contribution is -0.119. The van der Waals surface area contributed by atoms with Crippen LogP contribution in [0.4, 0.5) is 11.6 Å². The highest BCUT2D eigenvalue weighted by Crippen LogP contribution is 2.27. The van der Waals surface area contributed by atoms with E-state index in [2.05, 4.69) is 15.0 Å². The molecule has 0 aliphatic rings. The van der Waals surface area contributed by atoms with E-state index in [0.717, 1.165) is 0 Å². The van der Waals surface area contributed by atoms with Crippen LogP contribution >= 0.6 is 11.6 Å². The number of hydrogen-bond donors (Lipinski definition) is 2. The third-order valence-electron chi connectivity index (χ3n) is 2.86. The number of nitrogens with zero attached hydrogens (tertiary/aromatic N) is 1. The van der Waals surface area contributed by atoms with Crippen molar-refractivity contribution in [2.75, 3.05) is 24.8 Å². The fraction of sp³-hybridized carbons (Fsp3) is 0.214. The number of rotatable bonds is 5. The van der Waals surface area contributed by atoms with E-state index in [0.29, 0.717) is 16.5 Å². The smallest absolute Gasteiger partial charge is 0.346 e. The molecule has 1 aromatic heterocycles. The first-order valence-corrected chi connectivity index (χ1v) is 6.82. The summed E-state index contributed by atoms with van der Waals surface area (Å²) in [4.78, 5) is 23.7. The summed E-state index contributed by atoms with van der Waals surface area (Å²) in [6, 6.07) is 4.74. The summed E-state index contributed by atoms with van der Waals surface area (Å²) < 4.78 is 14.6. The predicted octanol–water partition coefficient (Wildman–Crippen LogP) is 2.02. The molecular weight excluding hydrogens is 326 g/mol. The Morgan fingerprint density at radius 1 is 1.43 bits per heavy atom. The Morgan fingerprint density at radius 2 is 2.17 bits per heavy atom. The molecule has 9 heteroatoms. The molecular formula is C14H14ClN3O5. The molecule has 0 atom stereocenters. The summed E-state index contributed by atoms with van der Waals surface area (Å²) in [5.74, 6) is -1.10. The molecule has 0 radical (unpaired) electrons. The Kier molecular flexibility index (Phi) is 5.07. The van der Waals surface area contributed by atoms with Crippen LogP contribution in [0.5, 0.6) is 5.75 Å². The van der Waals surface area contributed by atoms with Crippen LogP contribution in [0.2, 0.25) is 5.02 Å². The normalized spacial score (nSPS) is 10.2. The molecule has 3 N–H and O–H groups in total. The van der Waals surface area contributed by atoms with E-state index in [-0.39, 0.29) is 17.1 Å². The maximum absolute atomic E-state index is 11.9. The molecule has 0 aliphatic carbocycles. The van der Waals surface area contributed by atoms with Crippen LogP contribution in [0, 0.1) is 6.92 Å². The van der Waals surface area contributed by atoms with Crippen LogP contribution in [-0.2, 0) is 9.53 Å². The first-order valence-electron chi connectivity index (χ1n) is 6.44. The lowest BCUT2D eigenvalue weighted by Crippen LogP contribution is -2.21. The zero-order valence-electron chi connectivity index (χ0n) is 12.4. The molecule has 0 bridgehead atoms. The summed E-state index contributed by atoms with van der Waals surface area (Å²) in [5, 5.41) is 6.49. The van der Waals surface area contributed by atoms with Crippen molar-refractivity contribution >= 4 is 35.0 Å². The Morgan fingerprint density at radius 3 is 2.78 bits per heavy atom. The van der Waals surface area contributed by atoms with Gasteiger partial charge in [-0.1, -0.05) is 16.8 Å². The minimum absolute atomic E-state index is 0.00173. The molecule has 0 saturated carbocycles. The average molecular weight is 340 g/mol. The monoisotopic (exact) mass is 339 g/mol. The van der Waals surface area contributed by atoms with Gasteiger partial charge in [-0.05, 0) is 25.1 Å². The molecule has 2 rings (SSSR count). The number of ether oxygens (including phenoxy) is 2. The van der Waals surface area contributed by atoms with Crippen molar-refractivity contribution in [3.05, 3.63) is 34.5 Å². The van der Waals surface area contributed by atoms with Crippen LogP contribution < -0.4 is 15.8 Å². The van der Waals surface area contributed by atoms with E-state index in [9.17, 15) is 9.59 Å². The van der Waals surface area contributed by atoms with Crippen LogP contribution in [0.25, 0.3) is 0 Å². The molecule has 0 unspecified atom stereocenters. The zero-order chi connectivity index (χ0) is 17.0. The molecule has 122 valence electrons. The summed E-state index contributed by atoms with van der Waals surface area (Å²) in [7, 11) is 1.45. The number of nitrogens with two attached hydrogens (primary N) is 1. The van der Waals surface area contributed by atoms with Crippen molar-refractivity contribution in [1.29, 1.82) is 0 Å². The quantitative estimate of drug-likeness (QED) is 0.800. The number of aryl methyl sites for hydroxylation is 1. The van der Waals surface area contributed by atoms with E-state index >= 15 is 0 Å². The zero-order valence-corrected chi connectivity index (χ0v) is 13.1. The topological polar surface area (TPSA) is 117 Å². The van der Waals surface area contributed by atoms with E-state index in [1.54, 1.807) is 12.1 Å². The molecule has 23 heavy (non-hydrogen) atoms. The summed E-state index contributed by atoms with van der Waals surface area (Å²) >= 11 is 5.86. The molecule has 1 heterocycles. The standard InChI is InChI=1S/C14H14ClN3O5/c1-7-12(13(16)23-18-7)14(20)22-6-11(19)17-9-5-8(15)3-4-10(9)21-2/h3-5H,6,16H2,1-2H3,(H,17,19). The van der Waals surface area contributed by atoms with Crippen LogP contribution in [0.3, 0.4) is 0 Å². The molecule has 1 amide bonds. The SMILES string of the molecule is COc1ccc(Cl)cc1NC(=O)COC(=O)c1c(C)noc1N. The Bertz CT molecular complexity index is 725. The highest BCUT2D eigenvalue weighted by atomic mass is 35.5. The Labute approximate surface area is 136 Å². The van der Waals surface area contributed by atoms with Gasteiger partial charge in [0.1, 0.15) is 11.3 Å². The van der Waals surface area contributed by atoms with E-state index in [1.807, 2.05) is 0 Å². The minimum atomic E-state index is -0.797. The molecule has 8 nitrogen and oxygen atoms in total. The molecule has 0 fully saturated rings. The number of benzene rings is 1. The molecule has 2 aromatic rings. The predicted molar refractivity (Wildman–Crippen MR) is 82.6 cm³/mol. The second-order valence-electron chi connectivity index (χ2n) is 4.48. The van der Waals surface area contributed by atoms with Gasteiger partial charge >= 0.3 is 5.97 Å². The van der Waals surface area contributed by atoms with Crippen molar-refractivity contribution in [1.82, 2.24) is 5.16 Å². The number of nitrogen functional groups attached to an aromatic ring is 1. The Balaban J connectivity index is 1.98. The highest BCUT2D eigenvalue weighted by molar-refractivity contribution is 6.31. The summed E-state index contributed by atoms with van der Waals surface area (Å²) in [5.41, 5.74) is 6.11. The van der Waals surface area contributed by atoms with Gasteiger partial charge in [0.15, 0.2) is 6.61 Å². The minimum Gasteiger partial charge on any atom is -0.495 e. The number of halogens is 1. The summed E-state index contributed by atoms with van der Waals surface area (Å²) in [6.07, 6.45) is 0. The van der Waals surface area contributed by atoms with Crippen LogP contribution in [0.1, 0.15) is 16.1 Å². The number of methoxy groups -OCH3 is 1. The number of carbonyl (C=O) groups is 2. The van der Waals surface area contributed by atoms with E-state index < -0.39 is 18.5 Å². The van der Waals surface area contributed by atoms with Gasteiger partial charge in [-0.3, -0.25) is 4.79 Å². The number of carbonyl (C=O) groups excluding carboxylic acids is 2. The van der Waals surface area contributed by atoms with Crippen molar-refractivity contribution < 1.29 is 23.6 Å². The van der Waals surface area contributed by atoms with Gasteiger partial charge in [0.2, 0.25) is 5.88 Å². The van der Waals surface area contributed by atoms with E-state index in [4.69, 9.17) is 26.8 Å². The van der Waals surface area contributed by atoms with Crippen LogP contribution in [-0.4, -0.2) is 30.7 Å². The van der Waals surface area contributed by atoms with Crippen molar-refractivity contribution in [3.8, 4) is 5.75 Å². The van der Waals surface area contributed by atoms with Gasteiger partial charge in [-0.25, -0.2) is 4.79 Å². The highest BCUT2D eigenvalue weighted by Gasteiger charge is 2.21. The third kappa shape index (κ3) is 3.92. The summed E-state index contributed by atoms with van der Waals surface area (Å²) in [6.45, 7) is 1.02. The second kappa shape index (κ2) is 7.01. The molecule has 0 aliphatic heterocycles. The largest absolute Gasteiger partial charge is 0.495 e. The third-order valence-corrected chi connectivity index (χ3v) is 3.10. The first kappa shape index (κ1) is 16.6. The van der Waals surface area contributed by atoms with Gasteiger partial charge in [0.05, 0.1) is 18.5 Å². The maximum atomic E-state index is 11.9. The van der Waals surface area contributed by atoms with Crippen molar-refractivity contribution in [2.45, 2.75) is 6.92 Å². The average Bonchev–Trinajstić information content (AvgIpc) is 2.84.